The topological polar surface area (TPSA) is 84.1 Å². The summed E-state index contributed by atoms with van der Waals surface area (Å²) < 4.78 is 5.96. The molecule has 1 unspecified atom stereocenters. The average molecular weight is 319 g/mol. The van der Waals surface area contributed by atoms with Crippen LogP contribution in [0.5, 0.6) is 0 Å². The van der Waals surface area contributed by atoms with Crippen LogP contribution in [0.3, 0.4) is 0 Å². The highest BCUT2D eigenvalue weighted by Crippen LogP contribution is 2.40. The first-order valence-electron chi connectivity index (χ1n) is 8.47. The van der Waals surface area contributed by atoms with Crippen molar-refractivity contribution in [2.75, 3.05) is 6.61 Å². The van der Waals surface area contributed by atoms with E-state index in [-0.39, 0.29) is 23.2 Å². The Balaban J connectivity index is 1.52. The molecule has 1 saturated heterocycles. The van der Waals surface area contributed by atoms with Gasteiger partial charge in [-0.2, -0.15) is 4.98 Å². The van der Waals surface area contributed by atoms with Crippen molar-refractivity contribution in [3.8, 4) is 0 Å². The third kappa shape index (κ3) is 3.63. The van der Waals surface area contributed by atoms with E-state index in [1.807, 2.05) is 13.8 Å². The number of nitrogens with one attached hydrogen (secondary N) is 2. The van der Waals surface area contributed by atoms with E-state index in [1.54, 1.807) is 0 Å². The van der Waals surface area contributed by atoms with Crippen LogP contribution in [0, 0.1) is 13.8 Å². The summed E-state index contributed by atoms with van der Waals surface area (Å²) in [5.74, 6) is 0.0404. The van der Waals surface area contributed by atoms with Crippen LogP contribution >= 0.6 is 0 Å². The largest absolute Gasteiger partial charge is 0.373 e. The maximum Gasteiger partial charge on any atom is 0.345 e. The number of H-pyrrole nitrogens is 1. The number of aryl methyl sites for hydroxylation is 2. The Hall–Kier alpha value is -1.69. The normalized spacial score (nSPS) is 22.6. The molecule has 2 N–H and O–H groups in total. The second-order valence-corrected chi connectivity index (χ2v) is 6.90. The van der Waals surface area contributed by atoms with Gasteiger partial charge >= 0.3 is 5.69 Å². The molecule has 1 aromatic rings. The molecule has 3 rings (SSSR count). The molecule has 2 fully saturated rings. The summed E-state index contributed by atoms with van der Waals surface area (Å²) in [6, 6.07) is 0.136. The van der Waals surface area contributed by atoms with Crippen molar-refractivity contribution in [1.82, 2.24) is 15.3 Å². The zero-order valence-electron chi connectivity index (χ0n) is 13.9. The lowest BCUT2D eigenvalue weighted by Crippen LogP contribution is -2.36. The van der Waals surface area contributed by atoms with E-state index in [2.05, 4.69) is 15.3 Å². The Morgan fingerprint density at radius 3 is 2.83 bits per heavy atom. The first-order chi connectivity index (χ1) is 11.0. The van der Waals surface area contributed by atoms with Crippen LogP contribution in [0.4, 0.5) is 0 Å². The highest BCUT2D eigenvalue weighted by Gasteiger charge is 2.42. The van der Waals surface area contributed by atoms with Crippen molar-refractivity contribution >= 4 is 5.91 Å². The fourth-order valence-electron chi connectivity index (χ4n) is 3.97. The van der Waals surface area contributed by atoms with E-state index in [4.69, 9.17) is 4.74 Å². The predicted octanol–water partition coefficient (Wildman–Crippen LogP) is 1.54. The first-order valence-corrected chi connectivity index (χ1v) is 8.47. The molecule has 23 heavy (non-hydrogen) atoms. The van der Waals surface area contributed by atoms with Gasteiger partial charge in [0.1, 0.15) is 0 Å². The van der Waals surface area contributed by atoms with E-state index in [1.165, 1.54) is 12.8 Å². The molecule has 1 amide bonds. The number of amides is 1. The number of rotatable bonds is 4. The number of aromatic nitrogens is 2. The summed E-state index contributed by atoms with van der Waals surface area (Å²) in [5, 5.41) is 3.09. The quantitative estimate of drug-likeness (QED) is 0.881. The van der Waals surface area contributed by atoms with Gasteiger partial charge in [0.15, 0.2) is 0 Å². The second-order valence-electron chi connectivity index (χ2n) is 6.90. The molecule has 1 saturated carbocycles. The maximum atomic E-state index is 12.2. The van der Waals surface area contributed by atoms with Crippen LogP contribution < -0.4 is 11.0 Å². The van der Waals surface area contributed by atoms with Gasteiger partial charge < -0.3 is 15.0 Å². The lowest BCUT2D eigenvalue weighted by Gasteiger charge is -2.21. The van der Waals surface area contributed by atoms with Crippen molar-refractivity contribution in [2.24, 2.45) is 0 Å². The SMILES string of the molecule is Cc1nc(=O)[nH]c(C)c1CCC(=O)NC1COC2(CCCC2)C1. The lowest BCUT2D eigenvalue weighted by molar-refractivity contribution is -0.121. The first kappa shape index (κ1) is 16.2. The second kappa shape index (κ2) is 6.43. The molecular weight excluding hydrogens is 294 g/mol. The van der Waals surface area contributed by atoms with E-state index in [0.29, 0.717) is 25.1 Å². The van der Waals surface area contributed by atoms with Gasteiger partial charge in [0.2, 0.25) is 5.91 Å². The predicted molar refractivity (Wildman–Crippen MR) is 86.4 cm³/mol. The molecule has 1 spiro atoms. The third-order valence-electron chi connectivity index (χ3n) is 5.14. The average Bonchev–Trinajstić information content (AvgIpc) is 3.08. The molecule has 2 aliphatic rings. The van der Waals surface area contributed by atoms with Gasteiger partial charge in [-0.1, -0.05) is 12.8 Å². The van der Waals surface area contributed by atoms with E-state index in [0.717, 1.165) is 30.5 Å². The van der Waals surface area contributed by atoms with Crippen LogP contribution in [0.1, 0.15) is 55.5 Å². The molecule has 0 aromatic carbocycles. The summed E-state index contributed by atoms with van der Waals surface area (Å²) in [5.41, 5.74) is 2.15. The molecule has 1 aliphatic heterocycles. The van der Waals surface area contributed by atoms with Crippen molar-refractivity contribution in [1.29, 1.82) is 0 Å². The monoisotopic (exact) mass is 319 g/mol. The maximum absolute atomic E-state index is 12.2. The Morgan fingerprint density at radius 2 is 2.13 bits per heavy atom. The number of carbonyl (C=O) groups excluding carboxylic acids is 1. The fourth-order valence-corrected chi connectivity index (χ4v) is 3.97. The number of aromatic amines is 1. The highest BCUT2D eigenvalue weighted by atomic mass is 16.5. The Kier molecular flexibility index (Phi) is 4.53. The summed E-state index contributed by atoms with van der Waals surface area (Å²) in [7, 11) is 0. The van der Waals surface area contributed by atoms with Crippen LogP contribution in [-0.4, -0.2) is 34.1 Å². The Morgan fingerprint density at radius 1 is 1.39 bits per heavy atom. The minimum Gasteiger partial charge on any atom is -0.373 e. The minimum absolute atomic E-state index is 0.0357. The summed E-state index contributed by atoms with van der Waals surface area (Å²) in [4.78, 5) is 30.1. The third-order valence-corrected chi connectivity index (χ3v) is 5.14. The van der Waals surface area contributed by atoms with Crippen LogP contribution in [0.15, 0.2) is 4.79 Å². The Labute approximate surface area is 136 Å². The molecule has 1 atom stereocenters. The fraction of sp³-hybridized carbons (Fsp3) is 0.706. The van der Waals surface area contributed by atoms with Crippen molar-refractivity contribution in [2.45, 2.75) is 70.4 Å². The van der Waals surface area contributed by atoms with Gasteiger partial charge in [-0.15, -0.1) is 0 Å². The smallest absolute Gasteiger partial charge is 0.345 e. The number of ether oxygens (including phenoxy) is 1. The molecule has 6 nitrogen and oxygen atoms in total. The van der Waals surface area contributed by atoms with Crippen LogP contribution in [-0.2, 0) is 16.0 Å². The molecule has 0 bridgehead atoms. The van der Waals surface area contributed by atoms with E-state index < -0.39 is 0 Å². The number of hydrogen-bond acceptors (Lipinski definition) is 4. The van der Waals surface area contributed by atoms with Gasteiger partial charge in [-0.3, -0.25) is 4.79 Å². The van der Waals surface area contributed by atoms with Gasteiger partial charge in [0.25, 0.3) is 0 Å². The summed E-state index contributed by atoms with van der Waals surface area (Å²) in [6.45, 7) is 4.28. The number of nitrogens with zero attached hydrogens (tertiary/aromatic N) is 1. The van der Waals surface area contributed by atoms with E-state index >= 15 is 0 Å². The summed E-state index contributed by atoms with van der Waals surface area (Å²) in [6.07, 6.45) is 6.65. The molecular formula is C17H25N3O3. The lowest BCUT2D eigenvalue weighted by atomic mass is 9.96. The van der Waals surface area contributed by atoms with Gasteiger partial charge in [0.05, 0.1) is 18.2 Å². The van der Waals surface area contributed by atoms with Crippen molar-refractivity contribution in [3.63, 3.8) is 0 Å². The zero-order valence-corrected chi connectivity index (χ0v) is 13.9. The van der Waals surface area contributed by atoms with E-state index in [9.17, 15) is 9.59 Å². The standard InChI is InChI=1S/C17H25N3O3/c1-11-14(12(2)19-16(22)18-11)5-6-15(21)20-13-9-17(23-10-13)7-3-4-8-17/h13H,3-10H2,1-2H3,(H,20,21)(H,18,19,22). The van der Waals surface area contributed by atoms with Gasteiger partial charge in [0, 0.05) is 17.8 Å². The number of carbonyl (C=O) groups is 1. The molecule has 1 aliphatic carbocycles. The van der Waals surface area contributed by atoms with Crippen molar-refractivity contribution < 1.29 is 9.53 Å². The molecule has 6 heteroatoms. The van der Waals surface area contributed by atoms with Crippen LogP contribution in [0.25, 0.3) is 0 Å². The van der Waals surface area contributed by atoms with Crippen LogP contribution in [0.2, 0.25) is 0 Å². The molecule has 0 radical (unpaired) electrons. The molecule has 1 aromatic heterocycles. The number of hydrogen-bond donors (Lipinski definition) is 2. The molecule has 2 heterocycles. The minimum atomic E-state index is -0.335. The highest BCUT2D eigenvalue weighted by molar-refractivity contribution is 5.76. The summed E-state index contributed by atoms with van der Waals surface area (Å²) >= 11 is 0. The van der Waals surface area contributed by atoms with Gasteiger partial charge in [-0.05, 0) is 45.1 Å². The Bertz CT molecular complexity index is 621. The molecule has 126 valence electrons. The van der Waals surface area contributed by atoms with Crippen molar-refractivity contribution in [3.05, 3.63) is 27.4 Å². The zero-order chi connectivity index (χ0) is 16.4. The van der Waals surface area contributed by atoms with Gasteiger partial charge in [-0.25, -0.2) is 4.79 Å².